The van der Waals surface area contributed by atoms with Gasteiger partial charge in [0.1, 0.15) is 0 Å². The molecule has 1 N–H and O–H groups in total. The third-order valence-corrected chi connectivity index (χ3v) is 6.90. The number of aliphatic hydroxyl groups is 1. The molecule has 2 nitrogen and oxygen atoms in total. The van der Waals surface area contributed by atoms with Crippen LogP contribution in [0.1, 0.15) is 55.8 Å². The number of likely N-dealkylation sites (tertiary alicyclic amines) is 1. The fourth-order valence-corrected chi connectivity index (χ4v) is 5.30. The molecule has 1 aliphatic carbocycles. The lowest BCUT2D eigenvalue weighted by Crippen LogP contribution is -2.44. The zero-order chi connectivity index (χ0) is 21.8. The van der Waals surface area contributed by atoms with Crippen LogP contribution < -0.4 is 0 Å². The van der Waals surface area contributed by atoms with Crippen LogP contribution in [-0.2, 0) is 5.60 Å². The molecule has 31 heavy (non-hydrogen) atoms. The third kappa shape index (κ3) is 4.69. The lowest BCUT2D eigenvalue weighted by molar-refractivity contribution is 0.00501. The van der Waals surface area contributed by atoms with Gasteiger partial charge in [0.15, 0.2) is 0 Å². The Bertz CT molecular complexity index is 1010. The number of hydrogen-bond donors (Lipinski definition) is 1. The van der Waals surface area contributed by atoms with Crippen LogP contribution in [0.25, 0.3) is 0 Å². The fraction of sp³-hybridized carbons (Fsp3) is 0.379. The Morgan fingerprint density at radius 2 is 1.81 bits per heavy atom. The van der Waals surface area contributed by atoms with Gasteiger partial charge in [-0.1, -0.05) is 84.7 Å². The Morgan fingerprint density at radius 1 is 1.06 bits per heavy atom. The molecule has 0 aromatic heterocycles. The Hall–Kier alpha value is -2.60. The lowest BCUT2D eigenvalue weighted by atomic mass is 9.85. The Kier molecular flexibility index (Phi) is 6.46. The SMILES string of the molecule is Cc1ccccc1C(C1C#CC=CC=C1)N1C(C)CCC1CC(C)(O)c1ccccc1. The van der Waals surface area contributed by atoms with E-state index in [1.807, 2.05) is 49.4 Å². The zero-order valence-corrected chi connectivity index (χ0v) is 18.8. The van der Waals surface area contributed by atoms with Crippen LogP contribution in [0.2, 0.25) is 0 Å². The maximum Gasteiger partial charge on any atom is 0.0883 e. The number of hydrogen-bond acceptors (Lipinski definition) is 2. The number of aryl methyl sites for hydroxylation is 1. The van der Waals surface area contributed by atoms with Crippen LogP contribution in [-0.4, -0.2) is 22.1 Å². The predicted molar refractivity (Wildman–Crippen MR) is 128 cm³/mol. The predicted octanol–water partition coefficient (Wildman–Crippen LogP) is 5.93. The van der Waals surface area contributed by atoms with Gasteiger partial charge < -0.3 is 5.11 Å². The van der Waals surface area contributed by atoms with E-state index < -0.39 is 5.60 Å². The van der Waals surface area contributed by atoms with Gasteiger partial charge in [0.2, 0.25) is 0 Å². The van der Waals surface area contributed by atoms with Crippen molar-refractivity contribution in [3.8, 4) is 11.8 Å². The van der Waals surface area contributed by atoms with Crippen molar-refractivity contribution in [2.45, 2.75) is 63.8 Å². The van der Waals surface area contributed by atoms with Crippen LogP contribution in [0.3, 0.4) is 0 Å². The molecule has 0 amide bonds. The summed E-state index contributed by atoms with van der Waals surface area (Å²) in [7, 11) is 0. The second-order valence-electron chi connectivity index (χ2n) is 9.23. The summed E-state index contributed by atoms with van der Waals surface area (Å²) in [5.41, 5.74) is 2.76. The highest BCUT2D eigenvalue weighted by Crippen LogP contribution is 2.43. The minimum Gasteiger partial charge on any atom is -0.385 e. The van der Waals surface area contributed by atoms with Gasteiger partial charge in [-0.25, -0.2) is 0 Å². The Morgan fingerprint density at radius 3 is 2.58 bits per heavy atom. The second kappa shape index (κ2) is 9.27. The number of nitrogens with zero attached hydrogens (tertiary/aromatic N) is 1. The van der Waals surface area contributed by atoms with E-state index in [-0.39, 0.29) is 12.0 Å². The Labute approximate surface area is 187 Å². The molecule has 5 unspecified atom stereocenters. The van der Waals surface area contributed by atoms with E-state index in [1.54, 1.807) is 0 Å². The topological polar surface area (TPSA) is 23.5 Å². The smallest absolute Gasteiger partial charge is 0.0883 e. The van der Waals surface area contributed by atoms with E-state index in [0.29, 0.717) is 18.5 Å². The van der Waals surface area contributed by atoms with Crippen molar-refractivity contribution in [3.63, 3.8) is 0 Å². The van der Waals surface area contributed by atoms with Gasteiger partial charge >= 0.3 is 0 Å². The van der Waals surface area contributed by atoms with Crippen LogP contribution >= 0.6 is 0 Å². The summed E-state index contributed by atoms with van der Waals surface area (Å²) in [4.78, 5) is 2.65. The molecule has 1 saturated heterocycles. The van der Waals surface area contributed by atoms with Gasteiger partial charge in [0.05, 0.1) is 17.6 Å². The normalized spacial score (nSPS) is 26.0. The molecule has 0 saturated carbocycles. The largest absolute Gasteiger partial charge is 0.385 e. The monoisotopic (exact) mass is 411 g/mol. The van der Waals surface area contributed by atoms with Crippen molar-refractivity contribution < 1.29 is 5.11 Å². The molecule has 2 aromatic rings. The first-order valence-electron chi connectivity index (χ1n) is 11.4. The molecule has 2 aromatic carbocycles. The third-order valence-electron chi connectivity index (χ3n) is 6.90. The summed E-state index contributed by atoms with van der Waals surface area (Å²) in [5, 5.41) is 11.4. The highest BCUT2D eigenvalue weighted by molar-refractivity contribution is 5.36. The van der Waals surface area contributed by atoms with Gasteiger partial charge in [-0.2, -0.15) is 0 Å². The summed E-state index contributed by atoms with van der Waals surface area (Å²) >= 11 is 0. The van der Waals surface area contributed by atoms with Crippen molar-refractivity contribution in [2.24, 2.45) is 5.92 Å². The van der Waals surface area contributed by atoms with E-state index >= 15 is 0 Å². The van der Waals surface area contributed by atoms with Gasteiger partial charge in [-0.15, -0.1) is 0 Å². The van der Waals surface area contributed by atoms with E-state index in [0.717, 1.165) is 18.4 Å². The molecule has 1 heterocycles. The number of rotatable bonds is 6. The average molecular weight is 412 g/mol. The quantitative estimate of drug-likeness (QED) is 0.595. The van der Waals surface area contributed by atoms with Gasteiger partial charge in [-0.05, 0) is 62.8 Å². The van der Waals surface area contributed by atoms with Crippen molar-refractivity contribution in [1.29, 1.82) is 0 Å². The lowest BCUT2D eigenvalue weighted by Gasteiger charge is -2.41. The molecule has 4 rings (SSSR count). The summed E-state index contributed by atoms with van der Waals surface area (Å²) in [5.74, 6) is 6.83. The molecule has 0 spiro atoms. The molecular formula is C29H33NO. The molecule has 1 fully saturated rings. The molecule has 160 valence electrons. The van der Waals surface area contributed by atoms with E-state index in [4.69, 9.17) is 0 Å². The average Bonchev–Trinajstić information content (AvgIpc) is 2.96. The summed E-state index contributed by atoms with van der Waals surface area (Å²) < 4.78 is 0. The fourth-order valence-electron chi connectivity index (χ4n) is 5.30. The maximum absolute atomic E-state index is 11.4. The summed E-state index contributed by atoms with van der Waals surface area (Å²) in [6, 6.07) is 19.7. The van der Waals surface area contributed by atoms with E-state index in [2.05, 4.69) is 67.0 Å². The summed E-state index contributed by atoms with van der Waals surface area (Å²) in [6.45, 7) is 6.49. The minimum atomic E-state index is -0.864. The number of allylic oxidation sites excluding steroid dienone is 3. The Balaban J connectivity index is 1.71. The van der Waals surface area contributed by atoms with Crippen LogP contribution in [0.4, 0.5) is 0 Å². The summed E-state index contributed by atoms with van der Waals surface area (Å²) in [6.07, 6.45) is 11.2. The van der Waals surface area contributed by atoms with Gasteiger partial charge in [0.25, 0.3) is 0 Å². The van der Waals surface area contributed by atoms with Crippen LogP contribution in [0.15, 0.2) is 78.9 Å². The molecular weight excluding hydrogens is 378 g/mol. The first-order valence-corrected chi connectivity index (χ1v) is 11.4. The molecule has 2 heteroatoms. The van der Waals surface area contributed by atoms with Crippen molar-refractivity contribution in [1.82, 2.24) is 4.90 Å². The molecule has 5 atom stereocenters. The van der Waals surface area contributed by atoms with Crippen molar-refractivity contribution >= 4 is 0 Å². The highest BCUT2D eigenvalue weighted by Gasteiger charge is 2.42. The van der Waals surface area contributed by atoms with Gasteiger partial charge in [-0.3, -0.25) is 4.90 Å². The van der Waals surface area contributed by atoms with Gasteiger partial charge in [0, 0.05) is 12.1 Å². The van der Waals surface area contributed by atoms with E-state index in [1.165, 1.54) is 11.1 Å². The van der Waals surface area contributed by atoms with Crippen molar-refractivity contribution in [2.75, 3.05) is 0 Å². The van der Waals surface area contributed by atoms with Crippen molar-refractivity contribution in [3.05, 3.63) is 95.6 Å². The number of benzene rings is 2. The molecule has 1 aliphatic heterocycles. The first-order chi connectivity index (χ1) is 15.0. The minimum absolute atomic E-state index is 0.112. The second-order valence-corrected chi connectivity index (χ2v) is 9.23. The zero-order valence-electron chi connectivity index (χ0n) is 18.8. The first kappa shape index (κ1) is 21.6. The maximum atomic E-state index is 11.4. The van der Waals surface area contributed by atoms with Crippen LogP contribution in [0, 0.1) is 24.7 Å². The standard InChI is InChI=1S/C29H33NO/c1-22-13-11-12-18-27(22)28(24-14-7-4-5-8-15-24)30-23(2)19-20-26(30)21-29(3,31)25-16-9-6-10-17-25/h4-7,9-14,16-18,23-24,26,28,31H,19-21H2,1-3H3. The highest BCUT2D eigenvalue weighted by atomic mass is 16.3. The van der Waals surface area contributed by atoms with Crippen LogP contribution in [0.5, 0.6) is 0 Å². The molecule has 2 aliphatic rings. The van der Waals surface area contributed by atoms with E-state index in [9.17, 15) is 5.11 Å². The molecule has 0 bridgehead atoms. The molecule has 0 radical (unpaired) electrons.